The summed E-state index contributed by atoms with van der Waals surface area (Å²) in [4.78, 5) is 17.1. The van der Waals surface area contributed by atoms with Crippen LogP contribution in [0.2, 0.25) is 0 Å². The molecule has 4 aromatic rings. The largest absolute Gasteiger partial charge is 0.461 e. The molecule has 1 aliphatic heterocycles. The summed E-state index contributed by atoms with van der Waals surface area (Å²) in [6.07, 6.45) is -3.05. The number of aromatic nitrogens is 3. The molecule has 2 aromatic carbocycles. The molecule has 0 saturated carbocycles. The first kappa shape index (κ1) is 25.1. The molecule has 1 fully saturated rings. The van der Waals surface area contributed by atoms with E-state index >= 15 is 0 Å². The molecule has 1 saturated heterocycles. The number of hydrogen-bond acceptors (Lipinski definition) is 6. The fourth-order valence-corrected chi connectivity index (χ4v) is 5.05. The zero-order chi connectivity index (χ0) is 25.8. The molecule has 0 unspecified atom stereocenters. The smallest absolute Gasteiger partial charge is 0.416 e. The molecule has 0 atom stereocenters. The van der Waals surface area contributed by atoms with Crippen molar-refractivity contribution in [2.75, 3.05) is 31.9 Å². The zero-order valence-electron chi connectivity index (χ0n) is 19.8. The predicted octanol–water partition coefficient (Wildman–Crippen LogP) is 4.98. The average Bonchev–Trinajstić information content (AvgIpc) is 3.58. The van der Waals surface area contributed by atoms with Crippen molar-refractivity contribution < 1.29 is 22.4 Å². The van der Waals surface area contributed by atoms with Gasteiger partial charge in [-0.2, -0.15) is 13.2 Å². The number of alkyl halides is 3. The van der Waals surface area contributed by atoms with Gasteiger partial charge >= 0.3 is 6.18 Å². The molecule has 0 N–H and O–H groups in total. The van der Waals surface area contributed by atoms with E-state index in [9.17, 15) is 18.0 Å². The van der Waals surface area contributed by atoms with Gasteiger partial charge < -0.3 is 9.32 Å². The van der Waals surface area contributed by atoms with Crippen molar-refractivity contribution in [2.24, 2.45) is 0 Å². The lowest BCUT2D eigenvalue weighted by molar-refractivity contribution is -0.137. The van der Waals surface area contributed by atoms with Crippen LogP contribution in [0.4, 0.5) is 13.2 Å². The summed E-state index contributed by atoms with van der Waals surface area (Å²) in [5, 5.41) is 8.63. The molecule has 7 nitrogen and oxygen atoms in total. The van der Waals surface area contributed by atoms with Crippen LogP contribution in [0.1, 0.15) is 11.1 Å². The van der Waals surface area contributed by atoms with Gasteiger partial charge in [0.25, 0.3) is 0 Å². The minimum absolute atomic E-state index is 0.0532. The number of thioether (sulfide) groups is 1. The van der Waals surface area contributed by atoms with Crippen LogP contribution in [0.15, 0.2) is 82.6 Å². The number of amides is 1. The number of hydrogen-bond donors (Lipinski definition) is 0. The summed E-state index contributed by atoms with van der Waals surface area (Å²) < 4.78 is 47.0. The number of halogens is 3. The fraction of sp³-hybridized carbons (Fsp3) is 0.269. The van der Waals surface area contributed by atoms with Crippen LogP contribution < -0.4 is 0 Å². The first-order valence-electron chi connectivity index (χ1n) is 11.7. The van der Waals surface area contributed by atoms with Gasteiger partial charge in [0.1, 0.15) is 0 Å². The third kappa shape index (κ3) is 5.89. The lowest BCUT2D eigenvalue weighted by Crippen LogP contribution is -2.48. The summed E-state index contributed by atoms with van der Waals surface area (Å²) in [6, 6.07) is 18.4. The van der Waals surface area contributed by atoms with Gasteiger partial charge in [-0.3, -0.25) is 14.3 Å². The normalized spacial score (nSPS) is 14.7. The molecule has 0 spiro atoms. The zero-order valence-corrected chi connectivity index (χ0v) is 20.6. The van der Waals surface area contributed by atoms with Crippen LogP contribution in [-0.4, -0.2) is 62.4 Å². The Hall–Kier alpha value is -3.57. The van der Waals surface area contributed by atoms with Gasteiger partial charge in [-0.25, -0.2) is 0 Å². The van der Waals surface area contributed by atoms with Crippen molar-refractivity contribution in [2.45, 2.75) is 17.9 Å². The van der Waals surface area contributed by atoms with Crippen molar-refractivity contribution in [1.82, 2.24) is 24.6 Å². The highest BCUT2D eigenvalue weighted by atomic mass is 32.2. The monoisotopic (exact) mass is 527 g/mol. The number of furan rings is 1. The maximum Gasteiger partial charge on any atom is 0.416 e. The molecule has 192 valence electrons. The van der Waals surface area contributed by atoms with Gasteiger partial charge in [-0.05, 0) is 35.9 Å². The van der Waals surface area contributed by atoms with Crippen LogP contribution in [-0.2, 0) is 17.5 Å². The van der Waals surface area contributed by atoms with Crippen LogP contribution in [0.25, 0.3) is 17.3 Å². The molecule has 0 aliphatic carbocycles. The molecular formula is C26H24F3N5O2S. The van der Waals surface area contributed by atoms with E-state index in [-0.39, 0.29) is 23.2 Å². The molecule has 5 rings (SSSR count). The van der Waals surface area contributed by atoms with E-state index in [1.807, 2.05) is 23.1 Å². The summed E-state index contributed by atoms with van der Waals surface area (Å²) in [5.74, 6) is 0.655. The third-order valence-corrected chi connectivity index (χ3v) is 7.02. The summed E-state index contributed by atoms with van der Waals surface area (Å²) >= 11 is 1.14. The molecular weight excluding hydrogens is 503 g/mol. The Morgan fingerprint density at radius 1 is 0.946 bits per heavy atom. The predicted molar refractivity (Wildman–Crippen MR) is 133 cm³/mol. The number of benzene rings is 2. The topological polar surface area (TPSA) is 67.4 Å². The van der Waals surface area contributed by atoms with Crippen LogP contribution in [0, 0.1) is 0 Å². The Kier molecular flexibility index (Phi) is 7.33. The van der Waals surface area contributed by atoms with E-state index in [0.29, 0.717) is 24.0 Å². The minimum atomic E-state index is -4.50. The Bertz CT molecular complexity index is 1330. The van der Waals surface area contributed by atoms with Crippen molar-refractivity contribution in [1.29, 1.82) is 0 Å². The molecule has 11 heteroatoms. The second-order valence-corrected chi connectivity index (χ2v) is 9.54. The number of piperazine rings is 1. The van der Waals surface area contributed by atoms with E-state index in [1.54, 1.807) is 18.2 Å². The summed E-state index contributed by atoms with van der Waals surface area (Å²) in [6.45, 7) is 3.62. The molecule has 1 aliphatic rings. The first-order valence-corrected chi connectivity index (χ1v) is 12.7. The van der Waals surface area contributed by atoms with Crippen molar-refractivity contribution in [3.8, 4) is 17.3 Å². The average molecular weight is 528 g/mol. The Morgan fingerprint density at radius 2 is 1.73 bits per heavy atom. The standard InChI is InChI=1S/C26H24F3N5O2S/c27-26(28,29)20-8-4-9-21(16-20)34-24(22-10-5-15-36-22)30-31-25(34)37-18-23(35)33-13-11-32(12-14-33)17-19-6-2-1-3-7-19/h1-10,15-16H,11-14,17-18H2. The lowest BCUT2D eigenvalue weighted by atomic mass is 10.2. The van der Waals surface area contributed by atoms with E-state index in [4.69, 9.17) is 4.42 Å². The highest BCUT2D eigenvalue weighted by molar-refractivity contribution is 7.99. The molecule has 37 heavy (non-hydrogen) atoms. The lowest BCUT2D eigenvalue weighted by Gasteiger charge is -2.34. The highest BCUT2D eigenvalue weighted by Crippen LogP contribution is 2.33. The van der Waals surface area contributed by atoms with Gasteiger partial charge in [-0.15, -0.1) is 10.2 Å². The molecule has 1 amide bonds. The fourth-order valence-electron chi connectivity index (χ4n) is 4.20. The van der Waals surface area contributed by atoms with Gasteiger partial charge in [0.2, 0.25) is 11.7 Å². The Balaban J connectivity index is 1.28. The quantitative estimate of drug-likeness (QED) is 0.316. The maximum absolute atomic E-state index is 13.4. The Morgan fingerprint density at radius 3 is 2.43 bits per heavy atom. The third-order valence-electron chi connectivity index (χ3n) is 6.11. The van der Waals surface area contributed by atoms with E-state index in [2.05, 4.69) is 27.2 Å². The maximum atomic E-state index is 13.4. The molecule has 0 bridgehead atoms. The van der Waals surface area contributed by atoms with Gasteiger partial charge in [0.15, 0.2) is 10.9 Å². The number of nitrogens with zero attached hydrogens (tertiary/aromatic N) is 5. The number of carbonyl (C=O) groups is 1. The van der Waals surface area contributed by atoms with Crippen LogP contribution in [0.5, 0.6) is 0 Å². The van der Waals surface area contributed by atoms with E-state index in [0.717, 1.165) is 43.5 Å². The number of carbonyl (C=O) groups excluding carboxylic acids is 1. The van der Waals surface area contributed by atoms with Crippen molar-refractivity contribution in [3.63, 3.8) is 0 Å². The first-order chi connectivity index (χ1) is 17.9. The second-order valence-electron chi connectivity index (χ2n) is 8.60. The van der Waals surface area contributed by atoms with Crippen LogP contribution >= 0.6 is 11.8 Å². The summed E-state index contributed by atoms with van der Waals surface area (Å²) in [7, 11) is 0. The SMILES string of the molecule is O=C(CSc1nnc(-c2ccco2)n1-c1cccc(C(F)(F)F)c1)N1CCN(Cc2ccccc2)CC1. The molecule has 0 radical (unpaired) electrons. The van der Waals surface area contributed by atoms with Gasteiger partial charge in [0.05, 0.1) is 23.3 Å². The van der Waals surface area contributed by atoms with Gasteiger partial charge in [0, 0.05) is 32.7 Å². The second kappa shape index (κ2) is 10.8. The van der Waals surface area contributed by atoms with Crippen LogP contribution in [0.3, 0.4) is 0 Å². The molecule has 2 aromatic heterocycles. The Labute approximate surface area is 215 Å². The number of rotatable bonds is 7. The molecule has 3 heterocycles. The highest BCUT2D eigenvalue weighted by Gasteiger charge is 2.31. The van der Waals surface area contributed by atoms with E-state index in [1.165, 1.54) is 22.5 Å². The van der Waals surface area contributed by atoms with Gasteiger partial charge in [-0.1, -0.05) is 48.2 Å². The minimum Gasteiger partial charge on any atom is -0.461 e. The van der Waals surface area contributed by atoms with Crippen molar-refractivity contribution >= 4 is 17.7 Å². The van der Waals surface area contributed by atoms with E-state index < -0.39 is 11.7 Å². The summed E-state index contributed by atoms with van der Waals surface area (Å²) in [5.41, 5.74) is 0.680. The van der Waals surface area contributed by atoms with Crippen molar-refractivity contribution in [3.05, 3.63) is 84.1 Å².